The van der Waals surface area contributed by atoms with E-state index in [1.807, 2.05) is 60.7 Å². The second-order valence-corrected chi connectivity index (χ2v) is 8.90. The third-order valence-electron chi connectivity index (χ3n) is 6.63. The van der Waals surface area contributed by atoms with E-state index < -0.39 is 6.23 Å². The summed E-state index contributed by atoms with van der Waals surface area (Å²) in [6.07, 6.45) is -1.00. The minimum absolute atomic E-state index is 0.195. The van der Waals surface area contributed by atoms with Gasteiger partial charge in [-0.1, -0.05) is 66.2 Å². The number of allylic oxidation sites excluding steroid dienone is 1. The Bertz CT molecular complexity index is 1420. The summed E-state index contributed by atoms with van der Waals surface area (Å²) in [5.74, 6) is -0.195. The topological polar surface area (TPSA) is 43.8 Å². The molecule has 6 rings (SSSR count). The van der Waals surface area contributed by atoms with Gasteiger partial charge in [0, 0.05) is 33.6 Å². The summed E-state index contributed by atoms with van der Waals surface area (Å²) in [7, 11) is 0. The molecule has 0 aliphatic carbocycles. The lowest BCUT2D eigenvalue weighted by Crippen LogP contribution is -2.27. The van der Waals surface area contributed by atoms with Crippen LogP contribution in [0.3, 0.4) is 0 Å². The highest BCUT2D eigenvalue weighted by atomic mass is 16.3. The average molecular weight is 445 g/mol. The molecule has 0 aromatic heterocycles. The molecule has 0 saturated heterocycles. The number of amides is 1. The van der Waals surface area contributed by atoms with Gasteiger partial charge in [-0.05, 0) is 55.8 Å². The number of aliphatic hydroxyl groups excluding tert-OH is 1. The molecule has 1 N–H and O–H groups in total. The van der Waals surface area contributed by atoms with Gasteiger partial charge in [0.1, 0.15) is 0 Å². The van der Waals surface area contributed by atoms with Crippen LogP contribution in [0.4, 0.5) is 22.7 Å². The molecule has 1 amide bonds. The molecule has 1 atom stereocenters. The SMILES string of the molecule is CC(C)=C1c2ccccc2N(c2ccc3c(c2)C(=O)N(c2ccccc2)C3O)c2ccccc21. The number of aliphatic hydroxyl groups is 1. The van der Waals surface area contributed by atoms with Gasteiger partial charge in [-0.15, -0.1) is 0 Å². The van der Waals surface area contributed by atoms with Crippen molar-refractivity contribution in [3.8, 4) is 0 Å². The molecule has 4 aromatic carbocycles. The third-order valence-corrected chi connectivity index (χ3v) is 6.63. The van der Waals surface area contributed by atoms with Crippen molar-refractivity contribution in [2.45, 2.75) is 20.1 Å². The molecule has 166 valence electrons. The number of benzene rings is 4. The Labute approximate surface area is 199 Å². The zero-order chi connectivity index (χ0) is 23.4. The molecule has 1 unspecified atom stereocenters. The molecule has 0 bridgehead atoms. The largest absolute Gasteiger partial charge is 0.369 e. The van der Waals surface area contributed by atoms with Crippen molar-refractivity contribution in [2.75, 3.05) is 9.80 Å². The van der Waals surface area contributed by atoms with Gasteiger partial charge in [0.05, 0.1) is 11.4 Å². The van der Waals surface area contributed by atoms with Crippen LogP contribution in [-0.2, 0) is 0 Å². The minimum Gasteiger partial charge on any atom is -0.369 e. The van der Waals surface area contributed by atoms with E-state index in [9.17, 15) is 9.90 Å². The Morgan fingerprint density at radius 2 is 1.29 bits per heavy atom. The summed E-state index contributed by atoms with van der Waals surface area (Å²) in [5, 5.41) is 11.0. The molecule has 4 nitrogen and oxygen atoms in total. The van der Waals surface area contributed by atoms with Gasteiger partial charge >= 0.3 is 0 Å². The van der Waals surface area contributed by atoms with Gasteiger partial charge in [-0.2, -0.15) is 0 Å². The monoisotopic (exact) mass is 444 g/mol. The van der Waals surface area contributed by atoms with E-state index in [-0.39, 0.29) is 5.91 Å². The lowest BCUT2D eigenvalue weighted by Gasteiger charge is -2.35. The van der Waals surface area contributed by atoms with Crippen molar-refractivity contribution < 1.29 is 9.90 Å². The van der Waals surface area contributed by atoms with E-state index >= 15 is 0 Å². The molecule has 34 heavy (non-hydrogen) atoms. The van der Waals surface area contributed by atoms with Crippen LogP contribution >= 0.6 is 0 Å². The molecule has 0 saturated carbocycles. The second-order valence-electron chi connectivity index (χ2n) is 8.90. The van der Waals surface area contributed by atoms with Crippen LogP contribution in [0.1, 0.15) is 47.1 Å². The molecular weight excluding hydrogens is 420 g/mol. The van der Waals surface area contributed by atoms with Crippen LogP contribution in [0.25, 0.3) is 5.57 Å². The average Bonchev–Trinajstić information content (AvgIpc) is 3.11. The van der Waals surface area contributed by atoms with Gasteiger partial charge in [-0.3, -0.25) is 9.69 Å². The van der Waals surface area contributed by atoms with Crippen molar-refractivity contribution in [1.82, 2.24) is 0 Å². The number of para-hydroxylation sites is 3. The highest BCUT2D eigenvalue weighted by molar-refractivity contribution is 6.12. The van der Waals surface area contributed by atoms with E-state index in [4.69, 9.17) is 0 Å². The molecule has 2 heterocycles. The molecule has 0 fully saturated rings. The van der Waals surface area contributed by atoms with E-state index in [0.29, 0.717) is 16.8 Å². The van der Waals surface area contributed by atoms with Gasteiger partial charge in [0.15, 0.2) is 6.23 Å². The summed E-state index contributed by atoms with van der Waals surface area (Å²) in [6, 6.07) is 31.8. The van der Waals surface area contributed by atoms with Crippen LogP contribution in [0.15, 0.2) is 103 Å². The summed E-state index contributed by atoms with van der Waals surface area (Å²) in [6.45, 7) is 4.29. The summed E-state index contributed by atoms with van der Waals surface area (Å²) < 4.78 is 0. The summed E-state index contributed by atoms with van der Waals surface area (Å²) in [5.41, 5.74) is 9.69. The number of carbonyl (C=O) groups is 1. The Hall–Kier alpha value is -4.15. The molecule has 4 heteroatoms. The predicted molar refractivity (Wildman–Crippen MR) is 137 cm³/mol. The second kappa shape index (κ2) is 7.72. The smallest absolute Gasteiger partial charge is 0.261 e. The van der Waals surface area contributed by atoms with Gasteiger partial charge < -0.3 is 10.0 Å². The molecule has 0 spiro atoms. The number of anilines is 4. The molecular formula is C30H24N2O2. The summed E-state index contributed by atoms with van der Waals surface area (Å²) in [4.78, 5) is 17.1. The van der Waals surface area contributed by atoms with Crippen molar-refractivity contribution in [3.05, 3.63) is 125 Å². The van der Waals surface area contributed by atoms with Crippen LogP contribution in [0.2, 0.25) is 0 Å². The zero-order valence-electron chi connectivity index (χ0n) is 19.1. The maximum Gasteiger partial charge on any atom is 0.261 e. The fraction of sp³-hybridized carbons (Fsp3) is 0.100. The Kier molecular flexibility index (Phi) is 4.64. The van der Waals surface area contributed by atoms with E-state index in [2.05, 4.69) is 55.1 Å². The first kappa shape index (κ1) is 20.5. The molecule has 0 radical (unpaired) electrons. The van der Waals surface area contributed by atoms with Crippen LogP contribution in [-0.4, -0.2) is 11.0 Å². The molecule has 4 aromatic rings. The number of hydrogen-bond donors (Lipinski definition) is 1. The van der Waals surface area contributed by atoms with Crippen LogP contribution in [0.5, 0.6) is 0 Å². The van der Waals surface area contributed by atoms with Crippen molar-refractivity contribution in [3.63, 3.8) is 0 Å². The van der Waals surface area contributed by atoms with Crippen molar-refractivity contribution in [2.24, 2.45) is 0 Å². The first-order valence-corrected chi connectivity index (χ1v) is 11.4. The normalized spacial score (nSPS) is 16.3. The number of hydrogen-bond acceptors (Lipinski definition) is 3. The lowest BCUT2D eigenvalue weighted by molar-refractivity contribution is 0.0935. The van der Waals surface area contributed by atoms with Crippen LogP contribution in [0, 0.1) is 0 Å². The van der Waals surface area contributed by atoms with Gasteiger partial charge in [0.25, 0.3) is 5.91 Å². The molecule has 2 aliphatic rings. The first-order valence-electron chi connectivity index (χ1n) is 11.4. The first-order chi connectivity index (χ1) is 16.6. The Balaban J connectivity index is 1.52. The highest BCUT2D eigenvalue weighted by Crippen LogP contribution is 2.50. The maximum absolute atomic E-state index is 13.4. The van der Waals surface area contributed by atoms with Crippen molar-refractivity contribution >= 4 is 34.2 Å². The van der Waals surface area contributed by atoms with Crippen LogP contribution < -0.4 is 9.80 Å². The quantitative estimate of drug-likeness (QED) is 0.320. The maximum atomic E-state index is 13.4. The molecule has 2 aliphatic heterocycles. The minimum atomic E-state index is -1.00. The van der Waals surface area contributed by atoms with Gasteiger partial charge in [0.2, 0.25) is 0 Å². The highest BCUT2D eigenvalue weighted by Gasteiger charge is 2.37. The Morgan fingerprint density at radius 3 is 1.91 bits per heavy atom. The number of carbonyl (C=O) groups excluding carboxylic acids is 1. The van der Waals surface area contributed by atoms with Crippen molar-refractivity contribution in [1.29, 1.82) is 0 Å². The fourth-order valence-corrected chi connectivity index (χ4v) is 5.17. The number of rotatable bonds is 2. The third kappa shape index (κ3) is 2.93. The zero-order valence-corrected chi connectivity index (χ0v) is 19.1. The van der Waals surface area contributed by atoms with E-state index in [1.54, 1.807) is 0 Å². The number of fused-ring (bicyclic) bond motifs is 3. The van der Waals surface area contributed by atoms with E-state index in [0.717, 1.165) is 17.1 Å². The summed E-state index contributed by atoms with van der Waals surface area (Å²) >= 11 is 0. The van der Waals surface area contributed by atoms with E-state index in [1.165, 1.54) is 27.2 Å². The Morgan fingerprint density at radius 1 is 0.706 bits per heavy atom. The lowest BCUT2D eigenvalue weighted by atomic mass is 9.87. The fourth-order valence-electron chi connectivity index (χ4n) is 5.17. The number of nitrogens with zero attached hydrogens (tertiary/aromatic N) is 2. The standard InChI is InChI=1S/C30H24N2O2/c1-19(2)28-23-12-6-8-14-26(23)31(27-15-9-7-13-24(27)28)21-16-17-22-25(18-21)30(34)32(29(22)33)20-10-4-3-5-11-20/h3-18,29,33H,1-2H3. The predicted octanol–water partition coefficient (Wildman–Crippen LogP) is 6.96. The van der Waals surface area contributed by atoms with Gasteiger partial charge in [-0.25, -0.2) is 0 Å².